The minimum Gasteiger partial charge on any atom is -0.322 e. The number of carbonyl (C=O) groups is 1. The molecule has 9 heteroatoms. The first-order chi connectivity index (χ1) is 13.2. The molecule has 0 unspecified atom stereocenters. The summed E-state index contributed by atoms with van der Waals surface area (Å²) in [6, 6.07) is 12.4. The van der Waals surface area contributed by atoms with Crippen LogP contribution in [0.1, 0.15) is 10.4 Å². The van der Waals surface area contributed by atoms with E-state index in [0.717, 1.165) is 36.4 Å². The molecule has 0 atom stereocenters. The highest BCUT2D eigenvalue weighted by molar-refractivity contribution is 7.92. The second kappa shape index (κ2) is 7.73. The van der Waals surface area contributed by atoms with Crippen molar-refractivity contribution >= 4 is 27.3 Å². The molecule has 0 fully saturated rings. The van der Waals surface area contributed by atoms with Gasteiger partial charge in [-0.3, -0.25) is 9.52 Å². The molecule has 28 heavy (non-hydrogen) atoms. The van der Waals surface area contributed by atoms with E-state index in [1.54, 1.807) is 0 Å². The summed E-state index contributed by atoms with van der Waals surface area (Å²) in [6.45, 7) is 0. The fourth-order valence-corrected chi connectivity index (χ4v) is 3.40. The lowest BCUT2D eigenvalue weighted by atomic mass is 10.2. The summed E-state index contributed by atoms with van der Waals surface area (Å²) in [6.07, 6.45) is 0. The maximum absolute atomic E-state index is 13.2. The van der Waals surface area contributed by atoms with Gasteiger partial charge in [-0.05, 0) is 60.7 Å². The molecule has 0 radical (unpaired) electrons. The molecule has 1 amide bonds. The zero-order chi connectivity index (χ0) is 20.3. The molecule has 0 saturated heterocycles. The third kappa shape index (κ3) is 4.68. The molecule has 3 rings (SSSR count). The normalized spacial score (nSPS) is 11.1. The third-order valence-electron chi connectivity index (χ3n) is 3.64. The zero-order valence-electron chi connectivity index (χ0n) is 14.1. The maximum Gasteiger partial charge on any atom is 0.261 e. The number of sulfonamides is 1. The first kappa shape index (κ1) is 19.4. The molecule has 0 saturated carbocycles. The Morgan fingerprint density at radius 3 is 1.82 bits per heavy atom. The average molecular weight is 406 g/mol. The highest BCUT2D eigenvalue weighted by Gasteiger charge is 2.14. The van der Waals surface area contributed by atoms with Crippen molar-refractivity contribution < 1.29 is 26.4 Å². The van der Waals surface area contributed by atoms with Crippen LogP contribution in [0.2, 0.25) is 0 Å². The lowest BCUT2D eigenvalue weighted by molar-refractivity contribution is 0.102. The molecule has 0 aromatic heterocycles. The third-order valence-corrected chi connectivity index (χ3v) is 5.04. The number of amides is 1. The van der Waals surface area contributed by atoms with Crippen molar-refractivity contribution in [1.29, 1.82) is 0 Å². The number of rotatable bonds is 5. The van der Waals surface area contributed by atoms with E-state index in [4.69, 9.17) is 0 Å². The topological polar surface area (TPSA) is 75.3 Å². The van der Waals surface area contributed by atoms with Crippen LogP contribution in [0.5, 0.6) is 0 Å². The van der Waals surface area contributed by atoms with Crippen molar-refractivity contribution in [2.24, 2.45) is 0 Å². The largest absolute Gasteiger partial charge is 0.322 e. The quantitative estimate of drug-likeness (QED) is 0.668. The van der Waals surface area contributed by atoms with Crippen molar-refractivity contribution in [2.75, 3.05) is 10.0 Å². The van der Waals surface area contributed by atoms with Crippen LogP contribution in [0.3, 0.4) is 0 Å². The van der Waals surface area contributed by atoms with E-state index in [-0.39, 0.29) is 16.1 Å². The maximum atomic E-state index is 13.2. The van der Waals surface area contributed by atoms with Gasteiger partial charge in [0.25, 0.3) is 15.9 Å². The lowest BCUT2D eigenvalue weighted by Gasteiger charge is -2.10. The molecular weight excluding hydrogens is 393 g/mol. The number of hydrogen-bond acceptors (Lipinski definition) is 3. The van der Waals surface area contributed by atoms with Gasteiger partial charge in [0.15, 0.2) is 0 Å². The smallest absolute Gasteiger partial charge is 0.261 e. The second-order valence-electron chi connectivity index (χ2n) is 5.75. The van der Waals surface area contributed by atoms with Crippen LogP contribution >= 0.6 is 0 Å². The van der Waals surface area contributed by atoms with Gasteiger partial charge in [-0.15, -0.1) is 0 Å². The molecule has 3 aromatic carbocycles. The van der Waals surface area contributed by atoms with Crippen LogP contribution in [-0.4, -0.2) is 14.3 Å². The predicted molar refractivity (Wildman–Crippen MR) is 98.0 cm³/mol. The number of halogens is 3. The summed E-state index contributed by atoms with van der Waals surface area (Å²) in [5, 5.41) is 2.45. The Balaban J connectivity index is 1.71. The lowest BCUT2D eigenvalue weighted by Crippen LogP contribution is -2.14. The number of carbonyl (C=O) groups excluding carboxylic acids is 1. The van der Waals surface area contributed by atoms with E-state index in [9.17, 15) is 26.4 Å². The van der Waals surface area contributed by atoms with Crippen LogP contribution in [0.25, 0.3) is 0 Å². The molecule has 3 aromatic rings. The highest BCUT2D eigenvalue weighted by atomic mass is 32.2. The van der Waals surface area contributed by atoms with E-state index >= 15 is 0 Å². The minimum atomic E-state index is -3.91. The van der Waals surface area contributed by atoms with Crippen molar-refractivity contribution in [3.05, 3.63) is 89.7 Å². The molecule has 0 bridgehead atoms. The zero-order valence-corrected chi connectivity index (χ0v) is 14.9. The molecule has 144 valence electrons. The van der Waals surface area contributed by atoms with Gasteiger partial charge in [0.2, 0.25) is 0 Å². The van der Waals surface area contributed by atoms with E-state index < -0.39 is 33.4 Å². The molecule has 0 aliphatic heterocycles. The van der Waals surface area contributed by atoms with Gasteiger partial charge >= 0.3 is 0 Å². The molecule has 0 spiro atoms. The van der Waals surface area contributed by atoms with Crippen LogP contribution in [0, 0.1) is 17.5 Å². The Hall–Kier alpha value is -3.33. The summed E-state index contributed by atoms with van der Waals surface area (Å²) in [5.74, 6) is -3.04. The van der Waals surface area contributed by atoms with Crippen molar-refractivity contribution in [3.63, 3.8) is 0 Å². The molecule has 2 N–H and O–H groups in total. The van der Waals surface area contributed by atoms with Crippen LogP contribution in [-0.2, 0) is 10.0 Å². The van der Waals surface area contributed by atoms with E-state index in [1.807, 2.05) is 0 Å². The summed E-state index contributed by atoms with van der Waals surface area (Å²) < 4.78 is 66.1. The van der Waals surface area contributed by atoms with E-state index in [1.165, 1.54) is 24.3 Å². The number of hydrogen-bond donors (Lipinski definition) is 2. The summed E-state index contributed by atoms with van der Waals surface area (Å²) in [4.78, 5) is 11.9. The Bertz CT molecular complexity index is 1100. The molecule has 5 nitrogen and oxygen atoms in total. The Kier molecular flexibility index (Phi) is 5.36. The number of benzene rings is 3. The standard InChI is InChI=1S/C19H13F3N2O3S/c20-13-1-7-18(8-2-13)28(26,27)24-17-5-3-16(4-6-17)23-19(25)12-9-14(21)11-15(22)10-12/h1-11,24H,(H,23,25). The van der Waals surface area contributed by atoms with E-state index in [0.29, 0.717) is 11.8 Å². The number of anilines is 2. The van der Waals surface area contributed by atoms with Crippen LogP contribution in [0.15, 0.2) is 71.6 Å². The monoisotopic (exact) mass is 406 g/mol. The van der Waals surface area contributed by atoms with Crippen LogP contribution < -0.4 is 10.0 Å². The fourth-order valence-electron chi connectivity index (χ4n) is 2.34. The fraction of sp³-hybridized carbons (Fsp3) is 0. The van der Waals surface area contributed by atoms with Gasteiger partial charge in [0.1, 0.15) is 17.5 Å². The van der Waals surface area contributed by atoms with Crippen LogP contribution in [0.4, 0.5) is 24.5 Å². The van der Waals surface area contributed by atoms with Crippen molar-refractivity contribution in [3.8, 4) is 0 Å². The second-order valence-corrected chi connectivity index (χ2v) is 7.43. The Morgan fingerprint density at radius 1 is 0.714 bits per heavy atom. The predicted octanol–water partition coefficient (Wildman–Crippen LogP) is 4.16. The molecule has 0 aliphatic rings. The Labute approximate surface area is 158 Å². The van der Waals surface area contributed by atoms with E-state index in [2.05, 4.69) is 10.0 Å². The number of nitrogens with one attached hydrogen (secondary N) is 2. The highest BCUT2D eigenvalue weighted by Crippen LogP contribution is 2.19. The molecule has 0 aliphatic carbocycles. The SMILES string of the molecule is O=C(Nc1ccc(NS(=O)(=O)c2ccc(F)cc2)cc1)c1cc(F)cc(F)c1. The van der Waals surface area contributed by atoms with Gasteiger partial charge < -0.3 is 5.32 Å². The van der Waals surface area contributed by atoms with Crippen molar-refractivity contribution in [1.82, 2.24) is 0 Å². The van der Waals surface area contributed by atoms with Crippen molar-refractivity contribution in [2.45, 2.75) is 4.90 Å². The van der Waals surface area contributed by atoms with Gasteiger partial charge in [0, 0.05) is 23.0 Å². The molecule has 0 heterocycles. The molecular formula is C19H13F3N2O3S. The summed E-state index contributed by atoms with van der Waals surface area (Å²) in [7, 11) is -3.91. The summed E-state index contributed by atoms with van der Waals surface area (Å²) >= 11 is 0. The summed E-state index contributed by atoms with van der Waals surface area (Å²) in [5.41, 5.74) is 0.303. The van der Waals surface area contributed by atoms with Gasteiger partial charge in [-0.2, -0.15) is 0 Å². The average Bonchev–Trinajstić information content (AvgIpc) is 2.62. The first-order valence-corrected chi connectivity index (χ1v) is 9.37. The van der Waals surface area contributed by atoms with Gasteiger partial charge in [0.05, 0.1) is 4.90 Å². The Morgan fingerprint density at radius 2 is 1.25 bits per heavy atom. The van der Waals surface area contributed by atoms with Gasteiger partial charge in [-0.25, -0.2) is 21.6 Å². The van der Waals surface area contributed by atoms with Gasteiger partial charge in [-0.1, -0.05) is 0 Å². The first-order valence-electron chi connectivity index (χ1n) is 7.89. The minimum absolute atomic E-state index is 0.112.